The van der Waals surface area contributed by atoms with Gasteiger partial charge in [-0.3, -0.25) is 0 Å². The minimum Gasteiger partial charge on any atom is -0.465 e. The standard InChI is InChI=1S/C12H16ClNO4S2/c1-8-4-3-5-14(7-8)20(16,17)9-6-10(13)19-11(9)12(15)18-2/h6,8H,3-5,7H2,1-2H3. The Kier molecular flexibility index (Phi) is 4.73. The van der Waals surface area contributed by atoms with E-state index in [4.69, 9.17) is 11.6 Å². The van der Waals surface area contributed by atoms with Crippen molar-refractivity contribution in [2.45, 2.75) is 24.7 Å². The molecule has 0 aliphatic carbocycles. The monoisotopic (exact) mass is 337 g/mol. The molecule has 1 saturated heterocycles. The number of thiophene rings is 1. The maximum Gasteiger partial charge on any atom is 0.349 e. The molecule has 1 aromatic rings. The smallest absolute Gasteiger partial charge is 0.349 e. The van der Waals surface area contributed by atoms with Crippen molar-refractivity contribution in [2.24, 2.45) is 5.92 Å². The van der Waals surface area contributed by atoms with Crippen molar-refractivity contribution in [3.63, 3.8) is 0 Å². The van der Waals surface area contributed by atoms with Gasteiger partial charge in [-0.15, -0.1) is 11.3 Å². The molecule has 0 N–H and O–H groups in total. The van der Waals surface area contributed by atoms with Gasteiger partial charge in [0.15, 0.2) is 0 Å². The molecule has 1 atom stereocenters. The van der Waals surface area contributed by atoms with Gasteiger partial charge in [-0.05, 0) is 24.8 Å². The predicted molar refractivity (Wildman–Crippen MR) is 77.8 cm³/mol. The number of hydrogen-bond donors (Lipinski definition) is 0. The Morgan fingerprint density at radius 3 is 2.85 bits per heavy atom. The van der Waals surface area contributed by atoms with Gasteiger partial charge < -0.3 is 4.74 Å². The lowest BCUT2D eigenvalue weighted by atomic mass is 10.0. The first-order valence-corrected chi connectivity index (χ1v) is 8.87. The highest BCUT2D eigenvalue weighted by atomic mass is 35.5. The lowest BCUT2D eigenvalue weighted by Crippen LogP contribution is -2.39. The number of hydrogen-bond acceptors (Lipinski definition) is 5. The van der Waals surface area contributed by atoms with E-state index < -0.39 is 16.0 Å². The van der Waals surface area contributed by atoms with E-state index in [0.717, 1.165) is 24.2 Å². The van der Waals surface area contributed by atoms with Gasteiger partial charge in [0, 0.05) is 13.1 Å². The first kappa shape index (κ1) is 15.8. The number of methoxy groups -OCH3 is 1. The van der Waals surface area contributed by atoms with Gasteiger partial charge in [-0.1, -0.05) is 18.5 Å². The normalized spacial score (nSPS) is 20.9. The second-order valence-electron chi connectivity index (χ2n) is 4.85. The van der Waals surface area contributed by atoms with Gasteiger partial charge in [-0.2, -0.15) is 4.31 Å². The van der Waals surface area contributed by atoms with Crippen LogP contribution < -0.4 is 0 Å². The summed E-state index contributed by atoms with van der Waals surface area (Å²) in [7, 11) is -2.48. The van der Waals surface area contributed by atoms with Crippen LogP contribution in [0.25, 0.3) is 0 Å². The fourth-order valence-electron chi connectivity index (χ4n) is 2.28. The number of piperidine rings is 1. The molecule has 1 aliphatic heterocycles. The van der Waals surface area contributed by atoms with E-state index in [9.17, 15) is 13.2 Å². The Hall–Kier alpha value is -0.630. The molecule has 0 saturated carbocycles. The number of sulfonamides is 1. The highest BCUT2D eigenvalue weighted by Crippen LogP contribution is 2.34. The van der Waals surface area contributed by atoms with E-state index in [-0.39, 0.29) is 14.1 Å². The van der Waals surface area contributed by atoms with Crippen LogP contribution in [-0.2, 0) is 14.8 Å². The van der Waals surface area contributed by atoms with Crippen molar-refractivity contribution in [1.82, 2.24) is 4.31 Å². The summed E-state index contributed by atoms with van der Waals surface area (Å²) >= 11 is 6.79. The third-order valence-electron chi connectivity index (χ3n) is 3.28. The van der Waals surface area contributed by atoms with Crippen molar-refractivity contribution in [3.05, 3.63) is 15.3 Å². The number of esters is 1. The zero-order valence-electron chi connectivity index (χ0n) is 11.3. The number of ether oxygens (including phenoxy) is 1. The minimum absolute atomic E-state index is 0.0377. The lowest BCUT2D eigenvalue weighted by Gasteiger charge is -2.29. The number of nitrogens with zero attached hydrogens (tertiary/aromatic N) is 1. The Bertz CT molecular complexity index is 611. The van der Waals surface area contributed by atoms with Gasteiger partial charge in [0.25, 0.3) is 0 Å². The number of carbonyl (C=O) groups excluding carboxylic acids is 1. The SMILES string of the molecule is COC(=O)c1sc(Cl)cc1S(=O)(=O)N1CCCC(C)C1. The Labute approximate surface area is 127 Å². The van der Waals surface area contributed by atoms with Gasteiger partial charge in [-0.25, -0.2) is 13.2 Å². The summed E-state index contributed by atoms with van der Waals surface area (Å²) in [6.45, 7) is 2.96. The molecule has 0 aromatic carbocycles. The van der Waals surface area contributed by atoms with E-state index in [1.54, 1.807) is 0 Å². The number of carbonyl (C=O) groups is 1. The molecule has 1 fully saturated rings. The fourth-order valence-corrected chi connectivity index (χ4v) is 5.58. The molecule has 0 amide bonds. The van der Waals surface area contributed by atoms with E-state index in [1.807, 2.05) is 6.92 Å². The van der Waals surface area contributed by atoms with Crippen LogP contribution >= 0.6 is 22.9 Å². The molecule has 5 nitrogen and oxygen atoms in total. The highest BCUT2D eigenvalue weighted by molar-refractivity contribution is 7.89. The van der Waals surface area contributed by atoms with Gasteiger partial charge in [0.2, 0.25) is 10.0 Å². The number of rotatable bonds is 3. The zero-order chi connectivity index (χ0) is 14.9. The van der Waals surface area contributed by atoms with Crippen LogP contribution in [0, 0.1) is 5.92 Å². The first-order valence-electron chi connectivity index (χ1n) is 6.24. The highest BCUT2D eigenvalue weighted by Gasteiger charge is 2.33. The van der Waals surface area contributed by atoms with Gasteiger partial charge in [0.05, 0.1) is 11.4 Å². The summed E-state index contributed by atoms with van der Waals surface area (Å²) in [5.41, 5.74) is 0. The van der Waals surface area contributed by atoms with Crippen LogP contribution in [0.15, 0.2) is 11.0 Å². The van der Waals surface area contributed by atoms with E-state index in [1.165, 1.54) is 17.5 Å². The molecule has 2 heterocycles. The third kappa shape index (κ3) is 3.00. The van der Waals surface area contributed by atoms with Crippen LogP contribution in [0.5, 0.6) is 0 Å². The number of halogens is 1. The van der Waals surface area contributed by atoms with Crippen LogP contribution in [-0.4, -0.2) is 38.9 Å². The summed E-state index contributed by atoms with van der Waals surface area (Å²) in [4.78, 5) is 11.7. The summed E-state index contributed by atoms with van der Waals surface area (Å²) in [6.07, 6.45) is 1.84. The summed E-state index contributed by atoms with van der Waals surface area (Å²) < 4.78 is 31.6. The van der Waals surface area contributed by atoms with E-state index in [0.29, 0.717) is 19.0 Å². The molecule has 2 rings (SSSR count). The molecule has 0 bridgehead atoms. The van der Waals surface area contributed by atoms with Crippen molar-refractivity contribution in [1.29, 1.82) is 0 Å². The second kappa shape index (κ2) is 6.01. The average Bonchev–Trinajstić information content (AvgIpc) is 2.80. The lowest BCUT2D eigenvalue weighted by molar-refractivity contribution is 0.0602. The van der Waals surface area contributed by atoms with Crippen LogP contribution in [0.1, 0.15) is 29.4 Å². The topological polar surface area (TPSA) is 63.7 Å². The molecule has 1 unspecified atom stereocenters. The molecule has 112 valence electrons. The van der Waals surface area contributed by atoms with Crippen LogP contribution in [0.3, 0.4) is 0 Å². The molecule has 0 spiro atoms. The van der Waals surface area contributed by atoms with Crippen LogP contribution in [0.4, 0.5) is 0 Å². The molecular formula is C12H16ClNO4S2. The molecule has 1 aliphatic rings. The molecule has 20 heavy (non-hydrogen) atoms. The maximum atomic E-state index is 12.7. The molecule has 0 radical (unpaired) electrons. The van der Waals surface area contributed by atoms with Gasteiger partial charge >= 0.3 is 5.97 Å². The maximum absolute atomic E-state index is 12.7. The minimum atomic E-state index is -3.70. The molecule has 8 heteroatoms. The van der Waals surface area contributed by atoms with Crippen LogP contribution in [0.2, 0.25) is 4.34 Å². The quantitative estimate of drug-likeness (QED) is 0.795. The van der Waals surface area contributed by atoms with Crippen molar-refractivity contribution in [2.75, 3.05) is 20.2 Å². The predicted octanol–water partition coefficient (Wildman–Crippen LogP) is 2.61. The zero-order valence-corrected chi connectivity index (χ0v) is 13.6. The Morgan fingerprint density at radius 2 is 2.25 bits per heavy atom. The largest absolute Gasteiger partial charge is 0.465 e. The van der Waals surface area contributed by atoms with Crippen molar-refractivity contribution in [3.8, 4) is 0 Å². The van der Waals surface area contributed by atoms with Crippen molar-refractivity contribution >= 4 is 38.9 Å². The molecule has 1 aromatic heterocycles. The van der Waals surface area contributed by atoms with E-state index >= 15 is 0 Å². The summed E-state index contributed by atoms with van der Waals surface area (Å²) in [5.74, 6) is -0.361. The fraction of sp³-hybridized carbons (Fsp3) is 0.583. The summed E-state index contributed by atoms with van der Waals surface area (Å²) in [5, 5.41) is 0. The van der Waals surface area contributed by atoms with Gasteiger partial charge in [0.1, 0.15) is 9.77 Å². The first-order chi connectivity index (χ1) is 9.36. The summed E-state index contributed by atoms with van der Waals surface area (Å²) in [6, 6.07) is 1.33. The third-order valence-corrected chi connectivity index (χ3v) is 6.54. The molecular weight excluding hydrogens is 322 g/mol. The van der Waals surface area contributed by atoms with Crippen molar-refractivity contribution < 1.29 is 17.9 Å². The van der Waals surface area contributed by atoms with E-state index in [2.05, 4.69) is 4.74 Å². The average molecular weight is 338 g/mol. The Balaban J connectivity index is 2.41. The second-order valence-corrected chi connectivity index (χ2v) is 8.44. The Morgan fingerprint density at radius 1 is 1.55 bits per heavy atom.